The minimum Gasteiger partial charge on any atom is -0.472 e. The van der Waals surface area contributed by atoms with Gasteiger partial charge in [0.25, 0.3) is 0 Å². The second kappa shape index (κ2) is 5.82. The van der Waals surface area contributed by atoms with Crippen molar-refractivity contribution in [3.63, 3.8) is 0 Å². The minimum absolute atomic E-state index is 0.0787. The number of furan rings is 1. The van der Waals surface area contributed by atoms with E-state index in [0.29, 0.717) is 5.69 Å². The van der Waals surface area contributed by atoms with Gasteiger partial charge in [-0.05, 0) is 26.0 Å². The van der Waals surface area contributed by atoms with Crippen molar-refractivity contribution in [2.45, 2.75) is 37.9 Å². The summed E-state index contributed by atoms with van der Waals surface area (Å²) >= 11 is 0. The SMILES string of the molecule is CC(C)n1cc(S(=O)(=O)NCc2ccoc2)cc1CO. The fourth-order valence-electron chi connectivity index (χ4n) is 1.91. The van der Waals surface area contributed by atoms with Crippen LogP contribution in [0.25, 0.3) is 0 Å². The molecular formula is C13H18N2O4S. The van der Waals surface area contributed by atoms with Gasteiger partial charge in [-0.3, -0.25) is 0 Å². The predicted octanol–water partition coefficient (Wildman–Crippen LogP) is 1.63. The Labute approximate surface area is 118 Å². The van der Waals surface area contributed by atoms with E-state index in [1.807, 2.05) is 13.8 Å². The number of sulfonamides is 1. The molecule has 0 spiro atoms. The van der Waals surface area contributed by atoms with Crippen molar-refractivity contribution in [2.75, 3.05) is 0 Å². The zero-order valence-electron chi connectivity index (χ0n) is 11.4. The third-order valence-corrected chi connectivity index (χ3v) is 4.35. The van der Waals surface area contributed by atoms with E-state index in [-0.39, 0.29) is 24.1 Å². The molecule has 2 N–H and O–H groups in total. The van der Waals surface area contributed by atoms with E-state index in [9.17, 15) is 13.5 Å². The zero-order valence-corrected chi connectivity index (χ0v) is 12.2. The Morgan fingerprint density at radius 1 is 1.45 bits per heavy atom. The van der Waals surface area contributed by atoms with Gasteiger partial charge in [0.05, 0.1) is 24.0 Å². The Morgan fingerprint density at radius 2 is 2.20 bits per heavy atom. The topological polar surface area (TPSA) is 84.5 Å². The Bertz CT molecular complexity index is 657. The molecule has 0 unspecified atom stereocenters. The van der Waals surface area contributed by atoms with E-state index < -0.39 is 10.0 Å². The van der Waals surface area contributed by atoms with Crippen molar-refractivity contribution in [3.8, 4) is 0 Å². The third kappa shape index (κ3) is 3.12. The maximum atomic E-state index is 12.2. The highest BCUT2D eigenvalue weighted by atomic mass is 32.2. The number of aromatic nitrogens is 1. The molecule has 2 aromatic rings. The molecule has 0 fully saturated rings. The normalized spacial score (nSPS) is 12.2. The van der Waals surface area contributed by atoms with Gasteiger partial charge < -0.3 is 14.1 Å². The van der Waals surface area contributed by atoms with Crippen LogP contribution in [0.4, 0.5) is 0 Å². The summed E-state index contributed by atoms with van der Waals surface area (Å²) in [5, 5.41) is 9.28. The maximum absolute atomic E-state index is 12.2. The molecule has 0 atom stereocenters. The van der Waals surface area contributed by atoms with Gasteiger partial charge in [-0.2, -0.15) is 0 Å². The van der Waals surface area contributed by atoms with Crippen LogP contribution in [-0.4, -0.2) is 18.1 Å². The Morgan fingerprint density at radius 3 is 2.70 bits per heavy atom. The fourth-order valence-corrected chi connectivity index (χ4v) is 2.97. The zero-order chi connectivity index (χ0) is 14.8. The molecule has 2 aromatic heterocycles. The molecule has 0 bridgehead atoms. The molecule has 6 nitrogen and oxygen atoms in total. The summed E-state index contributed by atoms with van der Waals surface area (Å²) < 4.78 is 33.5. The van der Waals surface area contributed by atoms with Gasteiger partial charge >= 0.3 is 0 Å². The Hall–Kier alpha value is -1.57. The van der Waals surface area contributed by atoms with Crippen LogP contribution in [0.3, 0.4) is 0 Å². The molecule has 0 amide bonds. The van der Waals surface area contributed by atoms with Crippen LogP contribution in [0, 0.1) is 0 Å². The number of nitrogens with zero attached hydrogens (tertiary/aromatic N) is 1. The second-order valence-electron chi connectivity index (χ2n) is 4.78. The second-order valence-corrected chi connectivity index (χ2v) is 6.55. The van der Waals surface area contributed by atoms with Gasteiger partial charge in [0.1, 0.15) is 0 Å². The molecule has 7 heteroatoms. The highest BCUT2D eigenvalue weighted by Crippen LogP contribution is 2.19. The summed E-state index contributed by atoms with van der Waals surface area (Å²) in [6.45, 7) is 3.82. The van der Waals surface area contributed by atoms with Crippen LogP contribution in [-0.2, 0) is 23.2 Å². The van der Waals surface area contributed by atoms with Gasteiger partial charge in [0, 0.05) is 30.0 Å². The van der Waals surface area contributed by atoms with Crippen LogP contribution in [0.2, 0.25) is 0 Å². The highest BCUT2D eigenvalue weighted by molar-refractivity contribution is 7.89. The first-order valence-electron chi connectivity index (χ1n) is 6.26. The molecular weight excluding hydrogens is 280 g/mol. The Balaban J connectivity index is 2.21. The lowest BCUT2D eigenvalue weighted by molar-refractivity contribution is 0.268. The van der Waals surface area contributed by atoms with Crippen LogP contribution >= 0.6 is 0 Å². The summed E-state index contributed by atoms with van der Waals surface area (Å²) in [4.78, 5) is 0.152. The molecule has 0 aromatic carbocycles. The van der Waals surface area contributed by atoms with Crippen molar-refractivity contribution in [1.82, 2.24) is 9.29 Å². The molecule has 0 saturated heterocycles. The summed E-state index contributed by atoms with van der Waals surface area (Å²) in [5.41, 5.74) is 1.32. The lowest BCUT2D eigenvalue weighted by Crippen LogP contribution is -2.22. The predicted molar refractivity (Wildman–Crippen MR) is 73.5 cm³/mol. The lowest BCUT2D eigenvalue weighted by atomic mass is 10.3. The molecule has 2 rings (SSSR count). The van der Waals surface area contributed by atoms with Crippen LogP contribution in [0.1, 0.15) is 31.1 Å². The molecule has 0 radical (unpaired) electrons. The summed E-state index contributed by atoms with van der Waals surface area (Å²) in [6, 6.07) is 3.26. The molecule has 0 aliphatic rings. The molecule has 20 heavy (non-hydrogen) atoms. The van der Waals surface area contributed by atoms with Gasteiger partial charge in [-0.1, -0.05) is 0 Å². The van der Waals surface area contributed by atoms with Crippen molar-refractivity contribution >= 4 is 10.0 Å². The summed E-state index contributed by atoms with van der Waals surface area (Å²) in [6.07, 6.45) is 4.51. The average molecular weight is 298 g/mol. The van der Waals surface area contributed by atoms with Crippen molar-refractivity contribution in [3.05, 3.63) is 42.1 Å². The first-order chi connectivity index (χ1) is 9.44. The first kappa shape index (κ1) is 14.8. The van der Waals surface area contributed by atoms with E-state index in [2.05, 4.69) is 4.72 Å². The largest absolute Gasteiger partial charge is 0.472 e. The van der Waals surface area contributed by atoms with Crippen molar-refractivity contribution in [2.24, 2.45) is 0 Å². The van der Waals surface area contributed by atoms with Gasteiger partial charge in [0.15, 0.2) is 0 Å². The van der Waals surface area contributed by atoms with E-state index in [0.717, 1.165) is 5.56 Å². The van der Waals surface area contributed by atoms with E-state index >= 15 is 0 Å². The molecule has 0 aliphatic carbocycles. The minimum atomic E-state index is -3.61. The van der Waals surface area contributed by atoms with Crippen LogP contribution in [0.15, 0.2) is 40.2 Å². The highest BCUT2D eigenvalue weighted by Gasteiger charge is 2.19. The smallest absolute Gasteiger partial charge is 0.242 e. The van der Waals surface area contributed by atoms with Gasteiger partial charge in [-0.25, -0.2) is 13.1 Å². The molecule has 2 heterocycles. The van der Waals surface area contributed by atoms with E-state index in [4.69, 9.17) is 4.42 Å². The van der Waals surface area contributed by atoms with Gasteiger partial charge in [-0.15, -0.1) is 0 Å². The summed E-state index contributed by atoms with van der Waals surface area (Å²) in [7, 11) is -3.61. The molecule has 0 saturated carbocycles. The summed E-state index contributed by atoms with van der Waals surface area (Å²) in [5.74, 6) is 0. The number of aliphatic hydroxyl groups is 1. The first-order valence-corrected chi connectivity index (χ1v) is 7.74. The standard InChI is InChI=1S/C13H18N2O4S/c1-10(2)15-7-13(5-12(15)8-16)20(17,18)14-6-11-3-4-19-9-11/h3-5,7,9-10,14,16H,6,8H2,1-2H3. The number of aliphatic hydroxyl groups excluding tert-OH is 1. The van der Waals surface area contributed by atoms with Crippen molar-refractivity contribution in [1.29, 1.82) is 0 Å². The number of rotatable bonds is 6. The quantitative estimate of drug-likeness (QED) is 0.849. The lowest BCUT2D eigenvalue weighted by Gasteiger charge is -2.10. The van der Waals surface area contributed by atoms with Crippen LogP contribution < -0.4 is 4.72 Å². The maximum Gasteiger partial charge on any atom is 0.242 e. The van der Waals surface area contributed by atoms with Crippen molar-refractivity contribution < 1.29 is 17.9 Å². The number of hydrogen-bond acceptors (Lipinski definition) is 4. The third-order valence-electron chi connectivity index (χ3n) is 2.98. The van der Waals surface area contributed by atoms with E-state index in [1.165, 1.54) is 24.8 Å². The number of hydrogen-bond donors (Lipinski definition) is 2. The fraction of sp³-hybridized carbons (Fsp3) is 0.385. The van der Waals surface area contributed by atoms with Crippen LogP contribution in [0.5, 0.6) is 0 Å². The molecule has 0 aliphatic heterocycles. The average Bonchev–Trinajstić information content (AvgIpc) is 3.05. The number of nitrogens with one attached hydrogen (secondary N) is 1. The Kier molecular flexibility index (Phi) is 4.32. The van der Waals surface area contributed by atoms with Gasteiger partial charge in [0.2, 0.25) is 10.0 Å². The van der Waals surface area contributed by atoms with E-state index in [1.54, 1.807) is 10.6 Å². The monoisotopic (exact) mass is 298 g/mol. The molecule has 110 valence electrons.